The van der Waals surface area contributed by atoms with Crippen molar-refractivity contribution >= 4 is 16.9 Å². The molecule has 0 unspecified atom stereocenters. The van der Waals surface area contributed by atoms with Crippen LogP contribution in [0.4, 0.5) is 0 Å². The largest absolute Gasteiger partial charge is 0.489 e. The summed E-state index contributed by atoms with van der Waals surface area (Å²) in [5.74, 6) is 0.122. The van der Waals surface area contributed by atoms with Crippen LogP contribution < -0.4 is 10.4 Å². The normalized spacial score (nSPS) is 14.0. The van der Waals surface area contributed by atoms with Gasteiger partial charge in [0.25, 0.3) is 5.66 Å². The second-order valence-electron chi connectivity index (χ2n) is 7.05. The Labute approximate surface area is 176 Å². The number of hydrogen-bond acceptors (Lipinski definition) is 10. The minimum absolute atomic E-state index is 0.00493. The molecule has 0 spiro atoms. The molecule has 4 rings (SSSR count). The highest BCUT2D eigenvalue weighted by atomic mass is 16.5. The van der Waals surface area contributed by atoms with Crippen LogP contribution in [0.2, 0.25) is 0 Å². The molecule has 0 saturated heterocycles. The summed E-state index contributed by atoms with van der Waals surface area (Å²) >= 11 is 0. The van der Waals surface area contributed by atoms with Crippen molar-refractivity contribution < 1.29 is 23.4 Å². The van der Waals surface area contributed by atoms with Gasteiger partial charge in [0.2, 0.25) is 0 Å². The van der Waals surface area contributed by atoms with Gasteiger partial charge in [0.15, 0.2) is 0 Å². The van der Waals surface area contributed by atoms with Crippen LogP contribution in [0.5, 0.6) is 5.75 Å². The van der Waals surface area contributed by atoms with E-state index in [1.54, 1.807) is 42.3 Å². The van der Waals surface area contributed by atoms with Crippen molar-refractivity contribution in [3.8, 4) is 5.75 Å². The third kappa shape index (κ3) is 5.51. The standard InChI is InChI=1S/C20H21N5O6/c1-28-9-8-25-11-15(21-24-25)4-7-18(26)30-13-20(22-23-20)12-29-16-5-2-14-3-6-19(27)31-17(14)10-16/h2-3,5-6,10-11H,4,7-9,12-13H2,1H3. The molecule has 11 nitrogen and oxygen atoms in total. The number of benzene rings is 1. The van der Waals surface area contributed by atoms with E-state index in [2.05, 4.69) is 20.5 Å². The first-order valence-corrected chi connectivity index (χ1v) is 9.70. The average molecular weight is 427 g/mol. The van der Waals surface area contributed by atoms with Crippen molar-refractivity contribution in [3.63, 3.8) is 0 Å². The van der Waals surface area contributed by atoms with Gasteiger partial charge in [-0.05, 0) is 18.2 Å². The Bertz CT molecular complexity index is 1150. The van der Waals surface area contributed by atoms with Crippen molar-refractivity contribution in [2.45, 2.75) is 25.0 Å². The first kappa shape index (κ1) is 20.7. The van der Waals surface area contributed by atoms with Gasteiger partial charge in [-0.25, -0.2) is 9.48 Å². The number of hydrogen-bond donors (Lipinski definition) is 0. The predicted molar refractivity (Wildman–Crippen MR) is 107 cm³/mol. The van der Waals surface area contributed by atoms with Crippen LogP contribution >= 0.6 is 0 Å². The SMILES string of the molecule is COCCn1cc(CCC(=O)OCC2(COc3ccc4ccc(=O)oc4c3)N=N2)nn1. The van der Waals surface area contributed by atoms with E-state index in [0.29, 0.717) is 36.6 Å². The molecule has 1 aliphatic rings. The van der Waals surface area contributed by atoms with Gasteiger partial charge in [-0.1, -0.05) is 5.21 Å². The molecule has 0 fully saturated rings. The van der Waals surface area contributed by atoms with Gasteiger partial charge in [-0.2, -0.15) is 10.2 Å². The highest BCUT2D eigenvalue weighted by Crippen LogP contribution is 2.30. The number of carbonyl (C=O) groups is 1. The average Bonchev–Trinajstić information content (AvgIpc) is 3.41. The highest BCUT2D eigenvalue weighted by molar-refractivity contribution is 5.77. The lowest BCUT2D eigenvalue weighted by molar-refractivity contribution is -0.144. The van der Waals surface area contributed by atoms with E-state index >= 15 is 0 Å². The molecule has 0 saturated carbocycles. The minimum atomic E-state index is -0.897. The summed E-state index contributed by atoms with van der Waals surface area (Å²) in [6.07, 6.45) is 2.37. The van der Waals surface area contributed by atoms with E-state index < -0.39 is 11.3 Å². The summed E-state index contributed by atoms with van der Waals surface area (Å²) in [4.78, 5) is 23.4. The summed E-state index contributed by atoms with van der Waals surface area (Å²) in [7, 11) is 1.62. The topological polar surface area (TPSA) is 130 Å². The number of rotatable bonds is 11. The Hall–Kier alpha value is -3.60. The van der Waals surface area contributed by atoms with Gasteiger partial charge in [-0.15, -0.1) is 5.10 Å². The molecule has 11 heteroatoms. The number of methoxy groups -OCH3 is 1. The predicted octanol–water partition coefficient (Wildman–Crippen LogP) is 1.75. The van der Waals surface area contributed by atoms with Crippen LogP contribution in [-0.4, -0.2) is 53.6 Å². The molecule has 1 aliphatic heterocycles. The van der Waals surface area contributed by atoms with Gasteiger partial charge < -0.3 is 18.6 Å². The van der Waals surface area contributed by atoms with Gasteiger partial charge in [0.1, 0.15) is 24.5 Å². The Morgan fingerprint density at radius 2 is 2.03 bits per heavy atom. The van der Waals surface area contributed by atoms with E-state index in [0.717, 1.165) is 5.39 Å². The summed E-state index contributed by atoms with van der Waals surface area (Å²) in [5.41, 5.74) is -0.201. The van der Waals surface area contributed by atoms with E-state index in [-0.39, 0.29) is 25.6 Å². The number of ether oxygens (including phenoxy) is 3. The fourth-order valence-electron chi connectivity index (χ4n) is 2.80. The van der Waals surface area contributed by atoms with Crippen LogP contribution in [0.25, 0.3) is 11.0 Å². The molecule has 1 aromatic carbocycles. The number of esters is 1. The maximum atomic E-state index is 12.1. The number of aromatic nitrogens is 3. The van der Waals surface area contributed by atoms with Crippen molar-refractivity contribution in [2.75, 3.05) is 26.9 Å². The zero-order valence-electron chi connectivity index (χ0n) is 16.9. The Balaban J connectivity index is 1.22. The summed E-state index contributed by atoms with van der Waals surface area (Å²) in [6, 6.07) is 8.20. The fourth-order valence-corrected chi connectivity index (χ4v) is 2.80. The molecule has 0 amide bonds. The van der Waals surface area contributed by atoms with Crippen molar-refractivity contribution in [1.82, 2.24) is 15.0 Å². The molecule has 0 aliphatic carbocycles. The molecular formula is C20H21N5O6. The zero-order chi connectivity index (χ0) is 21.7. The third-order valence-electron chi connectivity index (χ3n) is 4.61. The maximum Gasteiger partial charge on any atom is 0.336 e. The molecule has 3 heterocycles. The van der Waals surface area contributed by atoms with Crippen LogP contribution in [0.3, 0.4) is 0 Å². The first-order valence-electron chi connectivity index (χ1n) is 9.70. The second-order valence-corrected chi connectivity index (χ2v) is 7.05. The van der Waals surface area contributed by atoms with Gasteiger partial charge in [0, 0.05) is 37.2 Å². The van der Waals surface area contributed by atoms with E-state index in [9.17, 15) is 9.59 Å². The number of fused-ring (bicyclic) bond motifs is 1. The number of carbonyl (C=O) groups excluding carboxylic acids is 1. The number of nitrogens with zero attached hydrogens (tertiary/aromatic N) is 5. The first-order chi connectivity index (χ1) is 15.0. The lowest BCUT2D eigenvalue weighted by Crippen LogP contribution is -2.29. The molecule has 31 heavy (non-hydrogen) atoms. The maximum absolute atomic E-state index is 12.1. The van der Waals surface area contributed by atoms with Gasteiger partial charge >= 0.3 is 11.6 Å². The molecular weight excluding hydrogens is 406 g/mol. The molecule has 2 aromatic heterocycles. The summed E-state index contributed by atoms with van der Waals surface area (Å²) in [5, 5.41) is 16.7. The highest BCUT2D eigenvalue weighted by Gasteiger charge is 2.43. The lowest BCUT2D eigenvalue weighted by atomic mass is 10.2. The minimum Gasteiger partial charge on any atom is -0.489 e. The molecule has 0 bridgehead atoms. The molecule has 0 N–H and O–H groups in total. The van der Waals surface area contributed by atoms with E-state index in [4.69, 9.17) is 18.6 Å². The van der Waals surface area contributed by atoms with Gasteiger partial charge in [0.05, 0.1) is 25.3 Å². The van der Waals surface area contributed by atoms with Crippen molar-refractivity contribution in [1.29, 1.82) is 0 Å². The Kier molecular flexibility index (Phi) is 6.03. The number of aryl methyl sites for hydroxylation is 1. The van der Waals surface area contributed by atoms with Gasteiger partial charge in [-0.3, -0.25) is 4.79 Å². The van der Waals surface area contributed by atoms with Crippen molar-refractivity contribution in [2.24, 2.45) is 10.2 Å². The smallest absolute Gasteiger partial charge is 0.336 e. The molecule has 0 atom stereocenters. The van der Waals surface area contributed by atoms with Crippen LogP contribution in [0, 0.1) is 0 Å². The quantitative estimate of drug-likeness (QED) is 0.334. The fraction of sp³-hybridized carbons (Fsp3) is 0.400. The van der Waals surface area contributed by atoms with E-state index in [1.165, 1.54) is 6.07 Å². The lowest BCUT2D eigenvalue weighted by Gasteiger charge is -2.13. The van der Waals surface area contributed by atoms with E-state index in [1.807, 2.05) is 0 Å². The van der Waals surface area contributed by atoms with Crippen molar-refractivity contribution in [3.05, 3.63) is 52.6 Å². The summed E-state index contributed by atoms with van der Waals surface area (Å²) in [6.45, 7) is 1.24. The summed E-state index contributed by atoms with van der Waals surface area (Å²) < 4.78 is 22.8. The van der Waals surface area contributed by atoms with Crippen LogP contribution in [0.15, 0.2) is 56.0 Å². The molecule has 3 aromatic rings. The Morgan fingerprint density at radius 3 is 2.84 bits per heavy atom. The molecule has 0 radical (unpaired) electrons. The third-order valence-corrected chi connectivity index (χ3v) is 4.61. The Morgan fingerprint density at radius 1 is 1.19 bits per heavy atom. The monoisotopic (exact) mass is 427 g/mol. The zero-order valence-corrected chi connectivity index (χ0v) is 16.9. The van der Waals surface area contributed by atoms with Crippen LogP contribution in [-0.2, 0) is 27.2 Å². The second kappa shape index (κ2) is 9.04. The molecule has 162 valence electrons. The van der Waals surface area contributed by atoms with Crippen LogP contribution in [0.1, 0.15) is 12.1 Å².